The Kier molecular flexibility index (Phi) is 5.52. The topological polar surface area (TPSA) is 35.5 Å². The number of carbonyl (C=O) groups is 1. The van der Waals surface area contributed by atoms with Crippen LogP contribution >= 0.6 is 0 Å². The first kappa shape index (κ1) is 15.3. The van der Waals surface area contributed by atoms with Gasteiger partial charge >= 0.3 is 0 Å². The molecule has 0 saturated heterocycles. The number of hydrogen-bond acceptors (Lipinski definition) is 3. The van der Waals surface area contributed by atoms with Crippen molar-refractivity contribution in [3.63, 3.8) is 0 Å². The van der Waals surface area contributed by atoms with Crippen molar-refractivity contribution in [1.29, 1.82) is 0 Å². The molecule has 0 atom stereocenters. The molecular formula is C18H20O3. The Morgan fingerprint density at radius 1 is 1.10 bits per heavy atom. The van der Waals surface area contributed by atoms with Gasteiger partial charge in [0.25, 0.3) is 0 Å². The molecule has 0 aliphatic carbocycles. The summed E-state index contributed by atoms with van der Waals surface area (Å²) in [7, 11) is 1.59. The largest absolute Gasteiger partial charge is 0.489 e. The second kappa shape index (κ2) is 7.60. The molecule has 0 aromatic heterocycles. The van der Waals surface area contributed by atoms with Crippen molar-refractivity contribution >= 4 is 5.78 Å². The van der Waals surface area contributed by atoms with Crippen molar-refractivity contribution in [2.45, 2.75) is 20.0 Å². The predicted molar refractivity (Wildman–Crippen MR) is 82.8 cm³/mol. The Morgan fingerprint density at radius 3 is 2.52 bits per heavy atom. The number of carbonyl (C=O) groups excluding carboxylic acids is 1. The number of benzene rings is 2. The molecule has 0 aliphatic heterocycles. The molecule has 21 heavy (non-hydrogen) atoms. The van der Waals surface area contributed by atoms with Crippen LogP contribution in [0.5, 0.6) is 5.75 Å². The molecule has 2 aromatic carbocycles. The highest BCUT2D eigenvalue weighted by molar-refractivity contribution is 5.96. The molecule has 0 N–H and O–H groups in total. The van der Waals surface area contributed by atoms with E-state index in [4.69, 9.17) is 9.47 Å². The van der Waals surface area contributed by atoms with Crippen LogP contribution in [0.25, 0.3) is 0 Å². The van der Waals surface area contributed by atoms with Gasteiger partial charge in [-0.25, -0.2) is 0 Å². The van der Waals surface area contributed by atoms with Gasteiger partial charge in [0.15, 0.2) is 5.78 Å². The van der Waals surface area contributed by atoms with E-state index in [0.717, 1.165) is 11.3 Å². The monoisotopic (exact) mass is 284 g/mol. The average Bonchev–Trinajstić information content (AvgIpc) is 2.51. The van der Waals surface area contributed by atoms with Crippen LogP contribution in [-0.4, -0.2) is 19.5 Å². The van der Waals surface area contributed by atoms with Gasteiger partial charge in [-0.05, 0) is 36.8 Å². The van der Waals surface area contributed by atoms with E-state index in [2.05, 4.69) is 19.1 Å². The van der Waals surface area contributed by atoms with Crippen molar-refractivity contribution in [1.82, 2.24) is 0 Å². The predicted octanol–water partition coefficient (Wildman–Crippen LogP) is 3.79. The minimum Gasteiger partial charge on any atom is -0.489 e. The summed E-state index contributed by atoms with van der Waals surface area (Å²) in [5.41, 5.74) is 3.04. The summed E-state index contributed by atoms with van der Waals surface area (Å²) < 4.78 is 10.6. The summed E-state index contributed by atoms with van der Waals surface area (Å²) >= 11 is 0. The van der Waals surface area contributed by atoms with Crippen LogP contribution < -0.4 is 4.74 Å². The van der Waals surface area contributed by atoms with E-state index < -0.39 is 0 Å². The van der Waals surface area contributed by atoms with Gasteiger partial charge < -0.3 is 9.47 Å². The van der Waals surface area contributed by atoms with E-state index in [1.54, 1.807) is 19.2 Å². The maximum Gasteiger partial charge on any atom is 0.165 e. The fourth-order valence-corrected chi connectivity index (χ4v) is 2.04. The molecule has 0 saturated carbocycles. The van der Waals surface area contributed by atoms with Crippen molar-refractivity contribution in [2.24, 2.45) is 0 Å². The first-order valence-corrected chi connectivity index (χ1v) is 6.99. The molecular weight excluding hydrogens is 264 g/mol. The smallest absolute Gasteiger partial charge is 0.165 e. The lowest BCUT2D eigenvalue weighted by Gasteiger charge is -2.08. The lowest BCUT2D eigenvalue weighted by Crippen LogP contribution is -2.03. The van der Waals surface area contributed by atoms with Gasteiger partial charge in [-0.3, -0.25) is 4.79 Å². The summed E-state index contributed by atoms with van der Waals surface area (Å²) in [5.74, 6) is 0.849. The van der Waals surface area contributed by atoms with Crippen molar-refractivity contribution < 1.29 is 14.3 Å². The van der Waals surface area contributed by atoms with Crippen LogP contribution in [0.1, 0.15) is 27.9 Å². The molecule has 0 spiro atoms. The average molecular weight is 284 g/mol. The van der Waals surface area contributed by atoms with Gasteiger partial charge in [0.05, 0.1) is 6.61 Å². The molecule has 0 fully saturated rings. The fraction of sp³-hybridized carbons (Fsp3) is 0.278. The second-order valence-electron chi connectivity index (χ2n) is 4.97. The van der Waals surface area contributed by atoms with Gasteiger partial charge in [0.2, 0.25) is 0 Å². The highest BCUT2D eigenvalue weighted by Crippen LogP contribution is 2.15. The van der Waals surface area contributed by atoms with E-state index in [0.29, 0.717) is 25.2 Å². The van der Waals surface area contributed by atoms with Gasteiger partial charge in [-0.2, -0.15) is 0 Å². The molecule has 3 nitrogen and oxygen atoms in total. The van der Waals surface area contributed by atoms with Crippen LogP contribution in [0, 0.1) is 6.92 Å². The first-order chi connectivity index (χ1) is 10.2. The molecule has 0 bridgehead atoms. The number of ether oxygens (including phenoxy) is 2. The fourth-order valence-electron chi connectivity index (χ4n) is 2.04. The van der Waals surface area contributed by atoms with Gasteiger partial charge in [0, 0.05) is 19.1 Å². The van der Waals surface area contributed by atoms with Gasteiger partial charge in [-0.1, -0.05) is 29.8 Å². The highest BCUT2D eigenvalue weighted by Gasteiger charge is 2.05. The maximum atomic E-state index is 11.8. The maximum absolute atomic E-state index is 11.8. The molecule has 3 heteroatoms. The number of methoxy groups -OCH3 is 1. The third-order valence-corrected chi connectivity index (χ3v) is 3.20. The zero-order valence-electron chi connectivity index (χ0n) is 12.5. The van der Waals surface area contributed by atoms with Crippen molar-refractivity contribution in [2.75, 3.05) is 13.7 Å². The summed E-state index contributed by atoms with van der Waals surface area (Å²) in [4.78, 5) is 11.8. The normalized spacial score (nSPS) is 10.4. The lowest BCUT2D eigenvalue weighted by molar-refractivity contribution is 0.0932. The SMILES string of the molecule is COCCC(=O)c1ccc(OCc2cccc(C)c2)cc1. The van der Waals surface area contributed by atoms with Crippen LogP contribution in [0.15, 0.2) is 48.5 Å². The zero-order chi connectivity index (χ0) is 15.1. The van der Waals surface area contributed by atoms with Crippen LogP contribution in [0.4, 0.5) is 0 Å². The Balaban J connectivity index is 1.92. The van der Waals surface area contributed by atoms with E-state index in [1.807, 2.05) is 24.3 Å². The molecule has 110 valence electrons. The number of rotatable bonds is 7. The number of hydrogen-bond donors (Lipinski definition) is 0. The summed E-state index contributed by atoms with van der Waals surface area (Å²) in [6, 6.07) is 15.5. The minimum absolute atomic E-state index is 0.0853. The highest BCUT2D eigenvalue weighted by atomic mass is 16.5. The van der Waals surface area contributed by atoms with Crippen molar-refractivity contribution in [3.8, 4) is 5.75 Å². The first-order valence-electron chi connectivity index (χ1n) is 6.99. The molecule has 0 heterocycles. The third-order valence-electron chi connectivity index (χ3n) is 3.20. The summed E-state index contributed by atoms with van der Waals surface area (Å²) in [6.07, 6.45) is 0.403. The van der Waals surface area contributed by atoms with Gasteiger partial charge in [-0.15, -0.1) is 0 Å². The summed E-state index contributed by atoms with van der Waals surface area (Å²) in [5, 5.41) is 0. The minimum atomic E-state index is 0.0853. The van der Waals surface area contributed by atoms with Crippen LogP contribution in [0.2, 0.25) is 0 Å². The van der Waals surface area contributed by atoms with Gasteiger partial charge in [0.1, 0.15) is 12.4 Å². The van der Waals surface area contributed by atoms with Crippen LogP contribution in [0.3, 0.4) is 0 Å². The molecule has 0 aliphatic rings. The number of ketones is 1. The summed E-state index contributed by atoms with van der Waals surface area (Å²) in [6.45, 7) is 3.03. The molecule has 0 unspecified atom stereocenters. The van der Waals surface area contributed by atoms with Crippen molar-refractivity contribution in [3.05, 3.63) is 65.2 Å². The third kappa shape index (κ3) is 4.72. The molecule has 2 rings (SSSR count). The Bertz CT molecular complexity index is 588. The van der Waals surface area contributed by atoms with E-state index >= 15 is 0 Å². The van der Waals surface area contributed by atoms with E-state index in [1.165, 1.54) is 5.56 Å². The molecule has 2 aromatic rings. The van der Waals surface area contributed by atoms with E-state index in [9.17, 15) is 4.79 Å². The van der Waals surface area contributed by atoms with Crippen LogP contribution in [-0.2, 0) is 11.3 Å². The number of Topliss-reactive ketones (excluding diaryl/α,β-unsaturated/α-hetero) is 1. The Morgan fingerprint density at radius 2 is 1.86 bits per heavy atom. The molecule has 0 radical (unpaired) electrons. The Labute approximate surface area is 125 Å². The standard InChI is InChI=1S/C18H20O3/c1-14-4-3-5-15(12-14)13-21-17-8-6-16(7-9-17)18(19)10-11-20-2/h3-9,12H,10-11,13H2,1-2H3. The quantitative estimate of drug-likeness (QED) is 0.726. The second-order valence-corrected chi connectivity index (χ2v) is 4.97. The van der Waals surface area contributed by atoms with E-state index in [-0.39, 0.29) is 5.78 Å². The number of aryl methyl sites for hydroxylation is 1. The lowest BCUT2D eigenvalue weighted by atomic mass is 10.1. The zero-order valence-corrected chi connectivity index (χ0v) is 12.5. The Hall–Kier alpha value is -2.13. The molecule has 0 amide bonds.